The predicted molar refractivity (Wildman–Crippen MR) is 110 cm³/mol. The summed E-state index contributed by atoms with van der Waals surface area (Å²) in [6, 6.07) is 9.46. The number of aromatic nitrogens is 2. The van der Waals surface area contributed by atoms with E-state index in [1.165, 1.54) is 45.6 Å². The minimum Gasteiger partial charge on any atom is -0.447 e. The molecular formula is C18H19FN4O3S3. The fraction of sp³-hybridized carbons (Fsp3) is 0.333. The van der Waals surface area contributed by atoms with E-state index >= 15 is 0 Å². The number of furan rings is 1. The Labute approximate surface area is 176 Å². The SMILES string of the molecule is O=S(=O)(c1ccc(CSc2nnc(NCc3ccc(F)cc3)s2)o1)N1CCCC1. The molecule has 29 heavy (non-hydrogen) atoms. The van der Waals surface area contributed by atoms with E-state index in [1.807, 2.05) is 0 Å². The Bertz CT molecular complexity index is 1060. The normalized spacial score (nSPS) is 15.1. The van der Waals surface area contributed by atoms with Crippen molar-refractivity contribution in [3.63, 3.8) is 0 Å². The molecule has 1 aliphatic heterocycles. The summed E-state index contributed by atoms with van der Waals surface area (Å²) in [6.45, 7) is 1.62. The number of hydrogen-bond acceptors (Lipinski definition) is 8. The molecule has 154 valence electrons. The Kier molecular flexibility index (Phi) is 6.18. The molecule has 0 aliphatic carbocycles. The second kappa shape index (κ2) is 8.82. The molecule has 0 spiro atoms. The molecule has 3 heterocycles. The van der Waals surface area contributed by atoms with Crippen LogP contribution in [0.25, 0.3) is 0 Å². The van der Waals surface area contributed by atoms with Crippen molar-refractivity contribution in [2.24, 2.45) is 0 Å². The van der Waals surface area contributed by atoms with Crippen LogP contribution in [0.5, 0.6) is 0 Å². The van der Waals surface area contributed by atoms with E-state index in [2.05, 4.69) is 15.5 Å². The van der Waals surface area contributed by atoms with Crippen molar-refractivity contribution in [2.75, 3.05) is 18.4 Å². The fourth-order valence-corrected chi connectivity index (χ4v) is 5.97. The summed E-state index contributed by atoms with van der Waals surface area (Å²) in [5.41, 5.74) is 0.943. The molecule has 1 saturated heterocycles. The number of halogens is 1. The monoisotopic (exact) mass is 454 g/mol. The molecule has 0 unspecified atom stereocenters. The van der Waals surface area contributed by atoms with Crippen LogP contribution < -0.4 is 5.32 Å². The van der Waals surface area contributed by atoms with Crippen LogP contribution in [0.15, 0.2) is 50.2 Å². The molecule has 1 fully saturated rings. The first-order valence-corrected chi connectivity index (χ1v) is 12.3. The van der Waals surface area contributed by atoms with Crippen molar-refractivity contribution in [3.8, 4) is 0 Å². The van der Waals surface area contributed by atoms with Crippen molar-refractivity contribution in [2.45, 2.75) is 34.6 Å². The number of benzene rings is 1. The van der Waals surface area contributed by atoms with Crippen LogP contribution in [0.4, 0.5) is 9.52 Å². The molecular weight excluding hydrogens is 435 g/mol. The van der Waals surface area contributed by atoms with Crippen molar-refractivity contribution in [3.05, 3.63) is 53.5 Å². The van der Waals surface area contributed by atoms with Gasteiger partial charge in [0.05, 0.1) is 5.75 Å². The van der Waals surface area contributed by atoms with Gasteiger partial charge in [0.25, 0.3) is 10.0 Å². The molecule has 0 radical (unpaired) electrons. The molecule has 1 aromatic carbocycles. The standard InChI is InChI=1S/C18H19FN4O3S3/c19-14-5-3-13(4-6-14)11-20-17-21-22-18(28-17)27-12-15-7-8-16(26-15)29(24,25)23-9-1-2-10-23/h3-8H,1-2,9-12H2,(H,20,21). The third-order valence-corrected chi connectivity index (χ3v) is 8.21. The molecule has 0 bridgehead atoms. The zero-order chi connectivity index (χ0) is 20.3. The maximum Gasteiger partial charge on any atom is 0.276 e. The third-order valence-electron chi connectivity index (χ3n) is 4.40. The first-order valence-electron chi connectivity index (χ1n) is 9.04. The van der Waals surface area contributed by atoms with Crippen LogP contribution in [-0.4, -0.2) is 36.0 Å². The van der Waals surface area contributed by atoms with Crippen molar-refractivity contribution in [1.82, 2.24) is 14.5 Å². The lowest BCUT2D eigenvalue weighted by atomic mass is 10.2. The van der Waals surface area contributed by atoms with Crippen LogP contribution in [-0.2, 0) is 22.3 Å². The quantitative estimate of drug-likeness (QED) is 0.516. The number of nitrogens with one attached hydrogen (secondary N) is 1. The summed E-state index contributed by atoms with van der Waals surface area (Å²) in [5.74, 6) is 0.767. The average Bonchev–Trinajstić information content (AvgIpc) is 3.48. The summed E-state index contributed by atoms with van der Waals surface area (Å²) < 4.78 is 45.7. The molecule has 0 amide bonds. The van der Waals surface area contributed by atoms with Gasteiger partial charge in [0, 0.05) is 19.6 Å². The molecule has 7 nitrogen and oxygen atoms in total. The Morgan fingerprint density at radius 1 is 1.14 bits per heavy atom. The smallest absolute Gasteiger partial charge is 0.276 e. The minimum atomic E-state index is -3.53. The van der Waals surface area contributed by atoms with Crippen LogP contribution in [0.1, 0.15) is 24.2 Å². The van der Waals surface area contributed by atoms with E-state index in [0.717, 1.165) is 22.7 Å². The van der Waals surface area contributed by atoms with Crippen LogP contribution in [0, 0.1) is 5.82 Å². The molecule has 2 aromatic heterocycles. The van der Waals surface area contributed by atoms with Crippen molar-refractivity contribution < 1.29 is 17.2 Å². The highest BCUT2D eigenvalue weighted by Crippen LogP contribution is 2.30. The van der Waals surface area contributed by atoms with Gasteiger partial charge in [-0.05, 0) is 42.7 Å². The lowest BCUT2D eigenvalue weighted by molar-refractivity contribution is 0.397. The highest BCUT2D eigenvalue weighted by Gasteiger charge is 2.29. The van der Waals surface area contributed by atoms with Crippen LogP contribution in [0.2, 0.25) is 0 Å². The summed E-state index contributed by atoms with van der Waals surface area (Å²) in [5, 5.41) is 12.0. The van der Waals surface area contributed by atoms with E-state index < -0.39 is 10.0 Å². The second-order valence-corrected chi connectivity index (χ2v) is 10.5. The van der Waals surface area contributed by atoms with Gasteiger partial charge in [-0.25, -0.2) is 12.8 Å². The van der Waals surface area contributed by atoms with Gasteiger partial charge in [0.2, 0.25) is 10.2 Å². The first kappa shape index (κ1) is 20.3. The molecule has 0 atom stereocenters. The maximum absolute atomic E-state index is 12.9. The summed E-state index contributed by atoms with van der Waals surface area (Å²) in [4.78, 5) is 0. The maximum atomic E-state index is 12.9. The van der Waals surface area contributed by atoms with Gasteiger partial charge in [0.1, 0.15) is 11.6 Å². The van der Waals surface area contributed by atoms with E-state index in [9.17, 15) is 12.8 Å². The van der Waals surface area contributed by atoms with E-state index in [0.29, 0.717) is 36.3 Å². The van der Waals surface area contributed by atoms with Crippen LogP contribution >= 0.6 is 23.1 Å². The summed E-state index contributed by atoms with van der Waals surface area (Å²) in [6.07, 6.45) is 1.77. The molecule has 1 aliphatic rings. The number of anilines is 1. The largest absolute Gasteiger partial charge is 0.447 e. The number of hydrogen-bond donors (Lipinski definition) is 1. The highest BCUT2D eigenvalue weighted by atomic mass is 32.2. The summed E-state index contributed by atoms with van der Waals surface area (Å²) >= 11 is 2.82. The molecule has 4 rings (SSSR count). The average molecular weight is 455 g/mol. The van der Waals surface area contributed by atoms with Gasteiger partial charge in [-0.3, -0.25) is 0 Å². The third kappa shape index (κ3) is 4.97. The van der Waals surface area contributed by atoms with Gasteiger partial charge in [-0.15, -0.1) is 10.2 Å². The molecule has 3 aromatic rings. The predicted octanol–water partition coefficient (Wildman–Crippen LogP) is 3.96. The number of nitrogens with zero attached hydrogens (tertiary/aromatic N) is 3. The molecule has 1 N–H and O–H groups in total. The Balaban J connectivity index is 1.31. The fourth-order valence-electron chi connectivity index (χ4n) is 2.88. The second-order valence-electron chi connectivity index (χ2n) is 6.47. The van der Waals surface area contributed by atoms with E-state index in [-0.39, 0.29) is 10.9 Å². The van der Waals surface area contributed by atoms with Crippen molar-refractivity contribution >= 4 is 38.3 Å². The highest BCUT2D eigenvalue weighted by molar-refractivity contribution is 8.00. The van der Waals surface area contributed by atoms with E-state index in [4.69, 9.17) is 4.42 Å². The Morgan fingerprint density at radius 2 is 1.90 bits per heavy atom. The van der Waals surface area contributed by atoms with Crippen LogP contribution in [0.3, 0.4) is 0 Å². The van der Waals surface area contributed by atoms with Gasteiger partial charge < -0.3 is 9.73 Å². The zero-order valence-electron chi connectivity index (χ0n) is 15.4. The minimum absolute atomic E-state index is 0.00563. The lowest BCUT2D eigenvalue weighted by Crippen LogP contribution is -2.27. The first-order chi connectivity index (χ1) is 14.0. The Hall–Kier alpha value is -1.95. The van der Waals surface area contributed by atoms with Gasteiger partial charge >= 0.3 is 0 Å². The lowest BCUT2D eigenvalue weighted by Gasteiger charge is -2.12. The number of sulfonamides is 1. The summed E-state index contributed by atoms with van der Waals surface area (Å²) in [7, 11) is -3.53. The topological polar surface area (TPSA) is 88.3 Å². The number of rotatable bonds is 8. The molecule has 11 heteroatoms. The molecule has 0 saturated carbocycles. The van der Waals surface area contributed by atoms with Gasteiger partial charge in [-0.2, -0.15) is 4.31 Å². The van der Waals surface area contributed by atoms with Crippen molar-refractivity contribution in [1.29, 1.82) is 0 Å². The Morgan fingerprint density at radius 3 is 2.66 bits per heavy atom. The van der Waals surface area contributed by atoms with Gasteiger partial charge in [-0.1, -0.05) is 35.2 Å². The zero-order valence-corrected chi connectivity index (χ0v) is 17.8. The number of thioether (sulfide) groups is 1. The van der Waals surface area contributed by atoms with Gasteiger partial charge in [0.15, 0.2) is 4.34 Å². The van der Waals surface area contributed by atoms with E-state index in [1.54, 1.807) is 18.2 Å².